The van der Waals surface area contributed by atoms with E-state index in [1.807, 2.05) is 24.3 Å². The summed E-state index contributed by atoms with van der Waals surface area (Å²) >= 11 is 0. The van der Waals surface area contributed by atoms with E-state index in [2.05, 4.69) is 30.1 Å². The Bertz CT molecular complexity index is 827. The molecule has 0 aliphatic carbocycles. The lowest BCUT2D eigenvalue weighted by molar-refractivity contribution is 0.302. The van der Waals surface area contributed by atoms with E-state index in [0.29, 0.717) is 13.2 Å². The Morgan fingerprint density at radius 3 is 2.58 bits per heavy atom. The minimum atomic E-state index is -0.237. The third kappa shape index (κ3) is 3.81. The van der Waals surface area contributed by atoms with Crippen molar-refractivity contribution in [2.75, 3.05) is 6.54 Å². The lowest BCUT2D eigenvalue weighted by atomic mass is 10.0. The van der Waals surface area contributed by atoms with Crippen LogP contribution in [0.2, 0.25) is 0 Å². The lowest BCUT2D eigenvalue weighted by Crippen LogP contribution is -2.14. The van der Waals surface area contributed by atoms with E-state index in [1.54, 1.807) is 12.1 Å². The zero-order valence-electron chi connectivity index (χ0n) is 13.5. The van der Waals surface area contributed by atoms with Crippen molar-refractivity contribution in [1.29, 1.82) is 0 Å². The molecule has 3 heteroatoms. The molecule has 0 saturated heterocycles. The van der Waals surface area contributed by atoms with Gasteiger partial charge in [-0.2, -0.15) is 0 Å². The van der Waals surface area contributed by atoms with E-state index in [4.69, 9.17) is 4.74 Å². The maximum absolute atomic E-state index is 13.0. The van der Waals surface area contributed by atoms with Crippen LogP contribution in [0.1, 0.15) is 11.1 Å². The average Bonchev–Trinajstić information content (AvgIpc) is 2.62. The molecule has 3 aromatic rings. The maximum Gasteiger partial charge on any atom is 0.124 e. The summed E-state index contributed by atoms with van der Waals surface area (Å²) in [6.45, 7) is 5.58. The number of hydrogen-bond acceptors (Lipinski definition) is 2. The van der Waals surface area contributed by atoms with Gasteiger partial charge in [0, 0.05) is 18.7 Å². The van der Waals surface area contributed by atoms with Crippen LogP contribution in [-0.2, 0) is 13.2 Å². The zero-order chi connectivity index (χ0) is 16.8. The fourth-order valence-electron chi connectivity index (χ4n) is 2.67. The molecule has 0 aromatic heterocycles. The summed E-state index contributed by atoms with van der Waals surface area (Å²) in [5, 5.41) is 5.70. The highest BCUT2D eigenvalue weighted by Gasteiger charge is 2.09. The molecule has 0 bridgehead atoms. The van der Waals surface area contributed by atoms with Crippen LogP contribution in [0.5, 0.6) is 5.75 Å². The van der Waals surface area contributed by atoms with Crippen LogP contribution in [0, 0.1) is 5.82 Å². The van der Waals surface area contributed by atoms with Crippen LogP contribution >= 0.6 is 0 Å². The highest BCUT2D eigenvalue weighted by atomic mass is 19.1. The summed E-state index contributed by atoms with van der Waals surface area (Å²) in [7, 11) is 0. The quantitative estimate of drug-likeness (QED) is 0.497. The van der Waals surface area contributed by atoms with Gasteiger partial charge in [0.2, 0.25) is 0 Å². The summed E-state index contributed by atoms with van der Waals surface area (Å²) in [4.78, 5) is 0. The fourth-order valence-corrected chi connectivity index (χ4v) is 2.67. The van der Waals surface area contributed by atoms with E-state index < -0.39 is 0 Å². The van der Waals surface area contributed by atoms with Crippen molar-refractivity contribution in [3.05, 3.63) is 90.3 Å². The molecule has 0 atom stereocenters. The zero-order valence-corrected chi connectivity index (χ0v) is 13.5. The number of ether oxygens (including phenoxy) is 1. The number of fused-ring (bicyclic) bond motifs is 1. The number of rotatable bonds is 7. The Hall–Kier alpha value is -2.65. The monoisotopic (exact) mass is 321 g/mol. The first-order valence-corrected chi connectivity index (χ1v) is 7.97. The Morgan fingerprint density at radius 2 is 1.79 bits per heavy atom. The van der Waals surface area contributed by atoms with Gasteiger partial charge in [-0.05, 0) is 34.5 Å². The first-order chi connectivity index (χ1) is 11.8. The van der Waals surface area contributed by atoms with Crippen molar-refractivity contribution in [2.45, 2.75) is 13.2 Å². The Balaban J connectivity index is 1.86. The summed E-state index contributed by atoms with van der Waals surface area (Å²) in [5.74, 6) is 0.605. The molecule has 24 heavy (non-hydrogen) atoms. The fraction of sp³-hybridized carbons (Fsp3) is 0.143. The molecule has 0 fully saturated rings. The molecular weight excluding hydrogens is 301 g/mol. The van der Waals surface area contributed by atoms with Crippen LogP contribution < -0.4 is 10.1 Å². The second-order valence-corrected chi connectivity index (χ2v) is 5.60. The summed E-state index contributed by atoms with van der Waals surface area (Å²) in [5.41, 5.74) is 2.06. The van der Waals surface area contributed by atoms with Gasteiger partial charge >= 0.3 is 0 Å². The summed E-state index contributed by atoms with van der Waals surface area (Å²) < 4.78 is 19.0. The standard InChI is InChI=1S/C21H20FNO/c1-2-13-23-14-20-19-6-4-3-5-17(19)9-12-21(20)24-15-16-7-10-18(22)11-8-16/h2-12,23H,1,13-15H2. The van der Waals surface area contributed by atoms with E-state index >= 15 is 0 Å². The summed E-state index contributed by atoms with van der Waals surface area (Å²) in [6, 6.07) is 18.7. The Morgan fingerprint density at radius 1 is 1.00 bits per heavy atom. The smallest absolute Gasteiger partial charge is 0.124 e. The van der Waals surface area contributed by atoms with E-state index in [9.17, 15) is 4.39 Å². The Kier molecular flexibility index (Phi) is 5.24. The van der Waals surface area contributed by atoms with Gasteiger partial charge in [-0.3, -0.25) is 0 Å². The summed E-state index contributed by atoms with van der Waals surface area (Å²) in [6.07, 6.45) is 1.84. The van der Waals surface area contributed by atoms with Gasteiger partial charge in [0.05, 0.1) is 0 Å². The highest BCUT2D eigenvalue weighted by Crippen LogP contribution is 2.28. The van der Waals surface area contributed by atoms with Gasteiger partial charge in [-0.1, -0.05) is 48.5 Å². The molecular formula is C21H20FNO. The molecule has 2 nitrogen and oxygen atoms in total. The number of halogens is 1. The maximum atomic E-state index is 13.0. The van der Waals surface area contributed by atoms with Crippen LogP contribution in [0.3, 0.4) is 0 Å². The van der Waals surface area contributed by atoms with Crippen molar-refractivity contribution in [1.82, 2.24) is 5.32 Å². The third-order valence-electron chi connectivity index (χ3n) is 3.90. The first kappa shape index (κ1) is 16.2. The minimum Gasteiger partial charge on any atom is -0.489 e. The molecule has 0 aliphatic rings. The molecule has 0 unspecified atom stereocenters. The molecule has 1 N–H and O–H groups in total. The van der Waals surface area contributed by atoms with Gasteiger partial charge in [0.25, 0.3) is 0 Å². The second kappa shape index (κ2) is 7.75. The number of benzene rings is 3. The van der Waals surface area contributed by atoms with Crippen LogP contribution in [0.4, 0.5) is 4.39 Å². The van der Waals surface area contributed by atoms with Gasteiger partial charge < -0.3 is 10.1 Å². The minimum absolute atomic E-state index is 0.237. The van der Waals surface area contributed by atoms with Crippen molar-refractivity contribution in [3.8, 4) is 5.75 Å². The van der Waals surface area contributed by atoms with Crippen molar-refractivity contribution < 1.29 is 9.13 Å². The molecule has 3 aromatic carbocycles. The lowest BCUT2D eigenvalue weighted by Gasteiger charge is -2.15. The first-order valence-electron chi connectivity index (χ1n) is 7.97. The number of hydrogen-bond donors (Lipinski definition) is 1. The number of nitrogens with one attached hydrogen (secondary N) is 1. The second-order valence-electron chi connectivity index (χ2n) is 5.60. The van der Waals surface area contributed by atoms with Crippen LogP contribution in [0.15, 0.2) is 73.3 Å². The molecule has 0 heterocycles. The van der Waals surface area contributed by atoms with Gasteiger partial charge in [-0.25, -0.2) is 4.39 Å². The normalized spacial score (nSPS) is 10.7. The van der Waals surface area contributed by atoms with Gasteiger partial charge in [-0.15, -0.1) is 6.58 Å². The molecule has 3 rings (SSSR count). The van der Waals surface area contributed by atoms with Crippen molar-refractivity contribution >= 4 is 10.8 Å². The molecule has 0 radical (unpaired) electrons. The van der Waals surface area contributed by atoms with Gasteiger partial charge in [0.15, 0.2) is 0 Å². The van der Waals surface area contributed by atoms with E-state index in [0.717, 1.165) is 23.4 Å². The molecule has 0 saturated carbocycles. The molecule has 0 spiro atoms. The van der Waals surface area contributed by atoms with E-state index in [-0.39, 0.29) is 5.82 Å². The largest absolute Gasteiger partial charge is 0.489 e. The van der Waals surface area contributed by atoms with Gasteiger partial charge in [0.1, 0.15) is 18.2 Å². The third-order valence-corrected chi connectivity index (χ3v) is 3.90. The van der Waals surface area contributed by atoms with Crippen molar-refractivity contribution in [2.24, 2.45) is 0 Å². The Labute approximate surface area is 141 Å². The topological polar surface area (TPSA) is 21.3 Å². The highest BCUT2D eigenvalue weighted by molar-refractivity contribution is 5.87. The molecule has 0 amide bonds. The molecule has 122 valence electrons. The van der Waals surface area contributed by atoms with Crippen LogP contribution in [-0.4, -0.2) is 6.54 Å². The van der Waals surface area contributed by atoms with Crippen LogP contribution in [0.25, 0.3) is 10.8 Å². The average molecular weight is 321 g/mol. The van der Waals surface area contributed by atoms with Crippen molar-refractivity contribution in [3.63, 3.8) is 0 Å². The SMILES string of the molecule is C=CCNCc1c(OCc2ccc(F)cc2)ccc2ccccc12. The van der Waals surface area contributed by atoms with E-state index in [1.165, 1.54) is 22.9 Å². The predicted molar refractivity (Wildman–Crippen MR) is 96.6 cm³/mol. The predicted octanol–water partition coefficient (Wildman–Crippen LogP) is 4.83. The molecule has 0 aliphatic heterocycles.